The summed E-state index contributed by atoms with van der Waals surface area (Å²) in [4.78, 5) is 4.18. The second-order valence-corrected chi connectivity index (χ2v) is 4.11. The van der Waals surface area contributed by atoms with E-state index in [9.17, 15) is 0 Å². The lowest BCUT2D eigenvalue weighted by Gasteiger charge is -2.18. The lowest BCUT2D eigenvalue weighted by Crippen LogP contribution is -2.23. The van der Waals surface area contributed by atoms with Crippen molar-refractivity contribution in [1.29, 1.82) is 0 Å². The van der Waals surface area contributed by atoms with Crippen molar-refractivity contribution in [3.8, 4) is 5.75 Å². The van der Waals surface area contributed by atoms with Gasteiger partial charge in [0.05, 0.1) is 31.6 Å². The maximum Gasteiger partial charge on any atom is 0.137 e. The minimum absolute atomic E-state index is 0.144. The van der Waals surface area contributed by atoms with Gasteiger partial charge in [-0.1, -0.05) is 0 Å². The molecule has 0 spiro atoms. The van der Waals surface area contributed by atoms with Crippen molar-refractivity contribution in [2.75, 3.05) is 20.3 Å². The first-order chi connectivity index (χ1) is 8.17. The van der Waals surface area contributed by atoms with Crippen LogP contribution in [0, 0.1) is 0 Å². The van der Waals surface area contributed by atoms with Gasteiger partial charge in [0, 0.05) is 6.20 Å². The minimum Gasteiger partial charge on any atom is -0.492 e. The van der Waals surface area contributed by atoms with E-state index in [0.29, 0.717) is 13.2 Å². The van der Waals surface area contributed by atoms with Gasteiger partial charge < -0.3 is 14.8 Å². The number of aromatic nitrogens is 1. The third-order valence-electron chi connectivity index (χ3n) is 2.39. The van der Waals surface area contributed by atoms with Gasteiger partial charge in [0.15, 0.2) is 0 Å². The minimum atomic E-state index is 0.144. The van der Waals surface area contributed by atoms with Crippen molar-refractivity contribution in [2.45, 2.75) is 32.9 Å². The molecule has 0 radical (unpaired) electrons. The quantitative estimate of drug-likeness (QED) is 0.790. The van der Waals surface area contributed by atoms with Crippen LogP contribution in [0.1, 0.15) is 32.4 Å². The van der Waals surface area contributed by atoms with E-state index in [1.807, 2.05) is 40.1 Å². The zero-order valence-corrected chi connectivity index (χ0v) is 11.1. The summed E-state index contributed by atoms with van der Waals surface area (Å²) in [5.74, 6) is 0.801. The Morgan fingerprint density at radius 2 is 2.12 bits per heavy atom. The van der Waals surface area contributed by atoms with Crippen LogP contribution in [-0.2, 0) is 4.74 Å². The molecule has 0 aliphatic heterocycles. The lowest BCUT2D eigenvalue weighted by molar-refractivity contribution is 0.0625. The van der Waals surface area contributed by atoms with Crippen LogP contribution in [0.25, 0.3) is 0 Å². The fourth-order valence-corrected chi connectivity index (χ4v) is 1.51. The van der Waals surface area contributed by atoms with Gasteiger partial charge in [-0.25, -0.2) is 0 Å². The second kappa shape index (κ2) is 7.25. The van der Waals surface area contributed by atoms with Crippen LogP contribution in [0.3, 0.4) is 0 Å². The van der Waals surface area contributed by atoms with E-state index in [1.54, 1.807) is 6.20 Å². The highest BCUT2D eigenvalue weighted by molar-refractivity contribution is 5.26. The Balaban J connectivity index is 2.69. The summed E-state index contributed by atoms with van der Waals surface area (Å²) < 4.78 is 11.1. The predicted molar refractivity (Wildman–Crippen MR) is 68.3 cm³/mol. The predicted octanol–water partition coefficient (Wildman–Crippen LogP) is 2.17. The Bertz CT molecular complexity index is 329. The largest absolute Gasteiger partial charge is 0.492 e. The molecule has 96 valence electrons. The highest BCUT2D eigenvalue weighted by Crippen LogP contribution is 2.18. The van der Waals surface area contributed by atoms with Gasteiger partial charge in [0.1, 0.15) is 5.75 Å². The average molecular weight is 238 g/mol. The summed E-state index contributed by atoms with van der Waals surface area (Å²) in [6.45, 7) is 7.30. The molecule has 0 saturated carbocycles. The smallest absolute Gasteiger partial charge is 0.137 e. The molecule has 0 amide bonds. The normalized spacial score (nSPS) is 12.8. The maximum atomic E-state index is 5.62. The molecule has 1 atom stereocenters. The lowest BCUT2D eigenvalue weighted by atomic mass is 10.1. The van der Waals surface area contributed by atoms with E-state index in [-0.39, 0.29) is 12.1 Å². The zero-order chi connectivity index (χ0) is 12.7. The first-order valence-electron chi connectivity index (χ1n) is 6.04. The van der Waals surface area contributed by atoms with Gasteiger partial charge in [0.25, 0.3) is 0 Å². The number of hydrogen-bond donors (Lipinski definition) is 1. The molecule has 17 heavy (non-hydrogen) atoms. The van der Waals surface area contributed by atoms with Crippen molar-refractivity contribution < 1.29 is 9.47 Å². The van der Waals surface area contributed by atoms with E-state index in [4.69, 9.17) is 9.47 Å². The number of nitrogens with one attached hydrogen (secondary N) is 1. The molecule has 4 nitrogen and oxygen atoms in total. The fraction of sp³-hybridized carbons (Fsp3) is 0.615. The van der Waals surface area contributed by atoms with Gasteiger partial charge in [-0.05, 0) is 39.4 Å². The van der Waals surface area contributed by atoms with Crippen molar-refractivity contribution in [3.05, 3.63) is 24.0 Å². The first kappa shape index (κ1) is 13.9. The Kier molecular flexibility index (Phi) is 5.94. The summed E-state index contributed by atoms with van der Waals surface area (Å²) >= 11 is 0. The molecule has 0 aromatic carbocycles. The molecule has 0 aliphatic rings. The second-order valence-electron chi connectivity index (χ2n) is 4.11. The molecule has 4 heteroatoms. The third kappa shape index (κ3) is 4.71. The number of likely N-dealkylation sites (N-methyl/N-ethyl adjacent to an activating group) is 1. The molecule has 1 unspecified atom stereocenters. The van der Waals surface area contributed by atoms with Gasteiger partial charge in [-0.15, -0.1) is 0 Å². The van der Waals surface area contributed by atoms with E-state index < -0.39 is 0 Å². The van der Waals surface area contributed by atoms with E-state index >= 15 is 0 Å². The zero-order valence-electron chi connectivity index (χ0n) is 11.1. The summed E-state index contributed by atoms with van der Waals surface area (Å²) in [7, 11) is 1.92. The molecule has 1 rings (SSSR count). The summed E-state index contributed by atoms with van der Waals surface area (Å²) in [5, 5.41) is 3.22. The summed E-state index contributed by atoms with van der Waals surface area (Å²) in [5.41, 5.74) is 1.08. The Labute approximate surface area is 103 Å². The molecular weight excluding hydrogens is 216 g/mol. The number of nitrogens with zero attached hydrogens (tertiary/aromatic N) is 1. The number of hydrogen-bond acceptors (Lipinski definition) is 4. The van der Waals surface area contributed by atoms with E-state index in [0.717, 1.165) is 11.3 Å². The van der Waals surface area contributed by atoms with Crippen LogP contribution >= 0.6 is 0 Å². The molecular formula is C13H22N2O2. The Morgan fingerprint density at radius 1 is 1.35 bits per heavy atom. The molecule has 0 saturated heterocycles. The van der Waals surface area contributed by atoms with E-state index in [2.05, 4.69) is 10.3 Å². The van der Waals surface area contributed by atoms with Crippen LogP contribution in [-0.4, -0.2) is 31.3 Å². The van der Waals surface area contributed by atoms with Gasteiger partial charge in [-0.3, -0.25) is 4.98 Å². The van der Waals surface area contributed by atoms with Crippen molar-refractivity contribution in [1.82, 2.24) is 10.3 Å². The van der Waals surface area contributed by atoms with Crippen LogP contribution in [0.15, 0.2) is 18.5 Å². The van der Waals surface area contributed by atoms with Crippen LogP contribution in [0.4, 0.5) is 0 Å². The monoisotopic (exact) mass is 238 g/mol. The van der Waals surface area contributed by atoms with Crippen molar-refractivity contribution in [2.24, 2.45) is 0 Å². The van der Waals surface area contributed by atoms with E-state index in [1.165, 1.54) is 0 Å². The van der Waals surface area contributed by atoms with Gasteiger partial charge >= 0.3 is 0 Å². The van der Waals surface area contributed by atoms with Crippen LogP contribution in [0.5, 0.6) is 5.75 Å². The maximum absolute atomic E-state index is 5.62. The topological polar surface area (TPSA) is 43.4 Å². The van der Waals surface area contributed by atoms with Gasteiger partial charge in [0.2, 0.25) is 0 Å². The summed E-state index contributed by atoms with van der Waals surface area (Å²) in [6, 6.07) is 2.15. The molecule has 1 N–H and O–H groups in total. The van der Waals surface area contributed by atoms with Gasteiger partial charge in [-0.2, -0.15) is 0 Å². The highest BCUT2D eigenvalue weighted by atomic mass is 16.5. The average Bonchev–Trinajstić information content (AvgIpc) is 2.30. The fourth-order valence-electron chi connectivity index (χ4n) is 1.51. The first-order valence-corrected chi connectivity index (χ1v) is 6.04. The highest BCUT2D eigenvalue weighted by Gasteiger charge is 2.11. The molecule has 0 fully saturated rings. The molecule has 1 aromatic heterocycles. The summed E-state index contributed by atoms with van der Waals surface area (Å²) in [6.07, 6.45) is 3.80. The SMILES string of the molecule is CCOc1cncc(C(COC(C)C)NC)c1. The molecule has 0 aliphatic carbocycles. The van der Waals surface area contributed by atoms with Crippen LogP contribution in [0.2, 0.25) is 0 Å². The van der Waals surface area contributed by atoms with Crippen molar-refractivity contribution in [3.63, 3.8) is 0 Å². The molecule has 1 heterocycles. The number of pyridine rings is 1. The molecule has 0 bridgehead atoms. The van der Waals surface area contributed by atoms with Crippen LogP contribution < -0.4 is 10.1 Å². The standard InChI is InChI=1S/C13H22N2O2/c1-5-16-12-6-11(7-15-8-12)13(14-4)9-17-10(2)3/h6-8,10,13-14H,5,9H2,1-4H3. The Hall–Kier alpha value is -1.13. The van der Waals surface area contributed by atoms with Crippen molar-refractivity contribution >= 4 is 0 Å². The molecule has 1 aromatic rings. The third-order valence-corrected chi connectivity index (χ3v) is 2.39. The Morgan fingerprint density at radius 3 is 2.71 bits per heavy atom. The number of ether oxygens (including phenoxy) is 2. The number of rotatable bonds is 7.